The highest BCUT2D eigenvalue weighted by atomic mass is 16.5. The van der Waals surface area contributed by atoms with Crippen LogP contribution in [0.3, 0.4) is 0 Å². The molecule has 1 aromatic carbocycles. The number of carbonyl (C=O) groups is 1. The lowest BCUT2D eigenvalue weighted by Gasteiger charge is -2.10. The van der Waals surface area contributed by atoms with Gasteiger partial charge >= 0.3 is 5.97 Å². The number of nitrogens with one attached hydrogen (secondary N) is 1. The van der Waals surface area contributed by atoms with Crippen LogP contribution in [0.5, 0.6) is 5.75 Å². The largest absolute Gasteiger partial charge is 0.491 e. The first-order valence-corrected chi connectivity index (χ1v) is 5.83. The Kier molecular flexibility index (Phi) is 3.98. The molecule has 0 bridgehead atoms. The number of para-hydroxylation sites is 1. The van der Waals surface area contributed by atoms with Crippen LogP contribution in [0.1, 0.15) is 24.4 Å². The SMILES string of the molecule is COC(=O)CCCNC1COc2ccccc21. The van der Waals surface area contributed by atoms with Crippen LogP contribution in [0, 0.1) is 0 Å². The molecule has 1 N–H and O–H groups in total. The van der Waals surface area contributed by atoms with Crippen molar-refractivity contribution in [3.63, 3.8) is 0 Å². The summed E-state index contributed by atoms with van der Waals surface area (Å²) in [6.07, 6.45) is 1.24. The zero-order chi connectivity index (χ0) is 12.1. The number of ether oxygens (including phenoxy) is 2. The molecule has 0 saturated heterocycles. The van der Waals surface area contributed by atoms with Gasteiger partial charge in [0.05, 0.1) is 13.2 Å². The Bertz CT molecular complexity index is 392. The molecule has 1 aromatic rings. The third kappa shape index (κ3) is 2.97. The summed E-state index contributed by atoms with van der Waals surface area (Å²) in [5, 5.41) is 3.38. The highest BCUT2D eigenvalue weighted by Crippen LogP contribution is 2.31. The third-order valence-electron chi connectivity index (χ3n) is 2.88. The van der Waals surface area contributed by atoms with Gasteiger partial charge in [0, 0.05) is 12.0 Å². The number of hydrogen-bond acceptors (Lipinski definition) is 4. The van der Waals surface area contributed by atoms with Crippen molar-refractivity contribution >= 4 is 5.97 Å². The van der Waals surface area contributed by atoms with Crippen LogP contribution < -0.4 is 10.1 Å². The summed E-state index contributed by atoms with van der Waals surface area (Å²) in [5.41, 5.74) is 1.20. The number of esters is 1. The van der Waals surface area contributed by atoms with Gasteiger partial charge < -0.3 is 14.8 Å². The quantitative estimate of drug-likeness (QED) is 0.623. The predicted octanol–water partition coefficient (Wildman–Crippen LogP) is 1.66. The van der Waals surface area contributed by atoms with E-state index in [-0.39, 0.29) is 12.0 Å². The lowest BCUT2D eigenvalue weighted by molar-refractivity contribution is -0.140. The van der Waals surface area contributed by atoms with E-state index in [1.54, 1.807) is 0 Å². The first-order chi connectivity index (χ1) is 8.31. The highest BCUT2D eigenvalue weighted by molar-refractivity contribution is 5.69. The van der Waals surface area contributed by atoms with E-state index in [0.717, 1.165) is 18.7 Å². The fourth-order valence-electron chi connectivity index (χ4n) is 1.94. The van der Waals surface area contributed by atoms with Crippen molar-refractivity contribution in [3.8, 4) is 5.75 Å². The van der Waals surface area contributed by atoms with E-state index < -0.39 is 0 Å². The zero-order valence-electron chi connectivity index (χ0n) is 9.94. The first kappa shape index (κ1) is 11.9. The van der Waals surface area contributed by atoms with Gasteiger partial charge in [0.15, 0.2) is 0 Å². The van der Waals surface area contributed by atoms with E-state index in [2.05, 4.69) is 16.1 Å². The maximum absolute atomic E-state index is 10.9. The standard InChI is InChI=1S/C13H17NO3/c1-16-13(15)7-4-8-14-11-9-17-12-6-3-2-5-10(11)12/h2-3,5-6,11,14H,4,7-9H2,1H3. The molecule has 0 saturated carbocycles. The lowest BCUT2D eigenvalue weighted by Crippen LogP contribution is -2.24. The van der Waals surface area contributed by atoms with E-state index in [4.69, 9.17) is 4.74 Å². The summed E-state index contributed by atoms with van der Waals surface area (Å²) < 4.78 is 10.1. The molecule has 1 heterocycles. The van der Waals surface area contributed by atoms with Gasteiger partial charge in [-0.1, -0.05) is 18.2 Å². The van der Waals surface area contributed by atoms with Crippen LogP contribution in [-0.4, -0.2) is 26.2 Å². The molecule has 1 aliphatic rings. The second-order valence-electron chi connectivity index (χ2n) is 4.04. The van der Waals surface area contributed by atoms with Gasteiger partial charge in [-0.3, -0.25) is 4.79 Å². The molecular weight excluding hydrogens is 218 g/mol. The molecule has 92 valence electrons. The molecule has 2 rings (SSSR count). The van der Waals surface area contributed by atoms with E-state index in [1.807, 2.05) is 18.2 Å². The molecule has 0 spiro atoms. The molecule has 1 unspecified atom stereocenters. The fourth-order valence-corrected chi connectivity index (χ4v) is 1.94. The second-order valence-corrected chi connectivity index (χ2v) is 4.04. The van der Waals surface area contributed by atoms with Gasteiger partial charge in [0.25, 0.3) is 0 Å². The molecule has 0 aromatic heterocycles. The molecule has 0 fully saturated rings. The maximum atomic E-state index is 10.9. The van der Waals surface area contributed by atoms with Crippen LogP contribution in [0.4, 0.5) is 0 Å². The van der Waals surface area contributed by atoms with Gasteiger partial charge in [-0.2, -0.15) is 0 Å². The van der Waals surface area contributed by atoms with Crippen molar-refractivity contribution in [2.75, 3.05) is 20.3 Å². The molecule has 4 heteroatoms. The van der Waals surface area contributed by atoms with Crippen molar-refractivity contribution in [2.24, 2.45) is 0 Å². The molecule has 0 amide bonds. The average Bonchev–Trinajstić information content (AvgIpc) is 2.78. The topological polar surface area (TPSA) is 47.6 Å². The molecule has 17 heavy (non-hydrogen) atoms. The molecule has 1 aliphatic heterocycles. The smallest absolute Gasteiger partial charge is 0.305 e. The van der Waals surface area contributed by atoms with Crippen molar-refractivity contribution in [1.29, 1.82) is 0 Å². The van der Waals surface area contributed by atoms with E-state index in [9.17, 15) is 4.79 Å². The molecular formula is C13H17NO3. The van der Waals surface area contributed by atoms with Crippen LogP contribution >= 0.6 is 0 Å². The van der Waals surface area contributed by atoms with E-state index in [0.29, 0.717) is 13.0 Å². The molecule has 0 radical (unpaired) electrons. The van der Waals surface area contributed by atoms with Gasteiger partial charge in [-0.05, 0) is 19.0 Å². The van der Waals surface area contributed by atoms with Crippen LogP contribution in [0.15, 0.2) is 24.3 Å². The van der Waals surface area contributed by atoms with Gasteiger partial charge in [-0.15, -0.1) is 0 Å². The summed E-state index contributed by atoms with van der Waals surface area (Å²) >= 11 is 0. The molecule has 1 atom stereocenters. The van der Waals surface area contributed by atoms with Crippen LogP contribution in [-0.2, 0) is 9.53 Å². The number of rotatable bonds is 5. The Hall–Kier alpha value is -1.55. The van der Waals surface area contributed by atoms with Gasteiger partial charge in [0.1, 0.15) is 12.4 Å². The number of benzene rings is 1. The monoisotopic (exact) mass is 235 g/mol. The van der Waals surface area contributed by atoms with Crippen molar-refractivity contribution in [2.45, 2.75) is 18.9 Å². The van der Waals surface area contributed by atoms with Crippen LogP contribution in [0.2, 0.25) is 0 Å². The zero-order valence-corrected chi connectivity index (χ0v) is 9.94. The number of hydrogen-bond donors (Lipinski definition) is 1. The van der Waals surface area contributed by atoms with Crippen molar-refractivity contribution in [1.82, 2.24) is 5.32 Å². The minimum absolute atomic E-state index is 0.158. The number of carbonyl (C=O) groups excluding carboxylic acids is 1. The highest BCUT2D eigenvalue weighted by Gasteiger charge is 2.22. The summed E-state index contributed by atoms with van der Waals surface area (Å²) in [7, 11) is 1.41. The van der Waals surface area contributed by atoms with E-state index in [1.165, 1.54) is 12.7 Å². The number of methoxy groups -OCH3 is 1. The summed E-state index contributed by atoms with van der Waals surface area (Å²) in [5.74, 6) is 0.799. The van der Waals surface area contributed by atoms with Crippen molar-refractivity contribution < 1.29 is 14.3 Å². The summed E-state index contributed by atoms with van der Waals surface area (Å²) in [6.45, 7) is 1.45. The number of fused-ring (bicyclic) bond motifs is 1. The summed E-state index contributed by atoms with van der Waals surface area (Å²) in [6, 6.07) is 8.27. The third-order valence-corrected chi connectivity index (χ3v) is 2.88. The Morgan fingerprint density at radius 2 is 2.35 bits per heavy atom. The summed E-state index contributed by atoms with van der Waals surface area (Å²) in [4.78, 5) is 10.9. The van der Waals surface area contributed by atoms with E-state index >= 15 is 0 Å². The van der Waals surface area contributed by atoms with Crippen molar-refractivity contribution in [3.05, 3.63) is 29.8 Å². The average molecular weight is 235 g/mol. The van der Waals surface area contributed by atoms with Crippen LogP contribution in [0.25, 0.3) is 0 Å². The first-order valence-electron chi connectivity index (χ1n) is 5.83. The Balaban J connectivity index is 1.76. The fraction of sp³-hybridized carbons (Fsp3) is 0.462. The lowest BCUT2D eigenvalue weighted by atomic mass is 10.1. The molecule has 0 aliphatic carbocycles. The van der Waals surface area contributed by atoms with Gasteiger partial charge in [-0.25, -0.2) is 0 Å². The minimum atomic E-state index is -0.158. The van der Waals surface area contributed by atoms with Gasteiger partial charge in [0.2, 0.25) is 0 Å². The minimum Gasteiger partial charge on any atom is -0.491 e. The maximum Gasteiger partial charge on any atom is 0.305 e. The predicted molar refractivity (Wildman–Crippen MR) is 63.9 cm³/mol. The normalized spacial score (nSPS) is 17.4. The Morgan fingerprint density at radius 1 is 1.53 bits per heavy atom. The Morgan fingerprint density at radius 3 is 3.18 bits per heavy atom. The Labute approximate surface area is 101 Å². The molecule has 4 nitrogen and oxygen atoms in total. The second kappa shape index (κ2) is 5.68.